The molecule has 0 amide bonds. The molecule has 0 aliphatic carbocycles. The average molecular weight is 410 g/mol. The minimum atomic E-state index is -0.418. The molecule has 8 nitrogen and oxygen atoms in total. The second-order valence-corrected chi connectivity index (χ2v) is 6.73. The second-order valence-electron chi connectivity index (χ2n) is 5.67. The molecule has 0 saturated carbocycles. The molecule has 0 bridgehead atoms. The number of rotatable bonds is 8. The number of nitro benzene ring substituents is 1. The van der Waals surface area contributed by atoms with Crippen LogP contribution in [0, 0.1) is 17.0 Å². The highest BCUT2D eigenvalue weighted by Gasteiger charge is 2.21. The zero-order valence-electron chi connectivity index (χ0n) is 16.7. The number of allylic oxidation sites excluding steroid dienone is 1. The Morgan fingerprint density at radius 3 is 2.64 bits per heavy atom. The lowest BCUT2D eigenvalue weighted by atomic mass is 10.2. The predicted molar refractivity (Wildman–Crippen MR) is 112 cm³/mol. The number of ether oxygens (including phenoxy) is 2. The Hall–Kier alpha value is -2.39. The molecule has 1 aliphatic rings. The predicted octanol–water partition coefficient (Wildman–Crippen LogP) is 3.71. The molecule has 9 heteroatoms. The highest BCUT2D eigenvalue weighted by molar-refractivity contribution is 8.14. The van der Waals surface area contributed by atoms with Crippen molar-refractivity contribution in [2.24, 2.45) is 4.99 Å². The number of aldehydes is 1. The van der Waals surface area contributed by atoms with Gasteiger partial charge in [0.25, 0.3) is 5.69 Å². The Balaban J connectivity index is 0.000000892. The molecule has 1 fully saturated rings. The number of aliphatic imine (C=N–C) groups is 1. The molecule has 1 saturated heterocycles. The Morgan fingerprint density at radius 1 is 1.39 bits per heavy atom. The Bertz CT molecular complexity index is 720. The summed E-state index contributed by atoms with van der Waals surface area (Å²) in [7, 11) is 1.68. The van der Waals surface area contributed by atoms with Crippen molar-refractivity contribution in [3.05, 3.63) is 45.7 Å². The van der Waals surface area contributed by atoms with Crippen LogP contribution in [-0.2, 0) is 14.3 Å². The summed E-state index contributed by atoms with van der Waals surface area (Å²) in [6.07, 6.45) is 2.13. The summed E-state index contributed by atoms with van der Waals surface area (Å²) in [5.41, 5.74) is 1.50. The zero-order chi connectivity index (χ0) is 20.9. The van der Waals surface area contributed by atoms with Crippen LogP contribution >= 0.6 is 11.8 Å². The molecule has 1 aromatic carbocycles. The zero-order valence-corrected chi connectivity index (χ0v) is 17.5. The fourth-order valence-electron chi connectivity index (χ4n) is 2.26. The van der Waals surface area contributed by atoms with Crippen molar-refractivity contribution in [2.75, 3.05) is 39.2 Å². The molecule has 0 radical (unpaired) electrons. The van der Waals surface area contributed by atoms with Gasteiger partial charge in [0.05, 0.1) is 23.8 Å². The number of hydrogen-bond donors (Lipinski definition) is 0. The molecule has 0 aromatic heterocycles. The van der Waals surface area contributed by atoms with Crippen LogP contribution in [0.2, 0.25) is 0 Å². The van der Waals surface area contributed by atoms with Gasteiger partial charge < -0.3 is 14.4 Å². The van der Waals surface area contributed by atoms with Crippen molar-refractivity contribution in [1.29, 1.82) is 0 Å². The lowest BCUT2D eigenvalue weighted by Crippen LogP contribution is -2.27. The van der Waals surface area contributed by atoms with Gasteiger partial charge in [-0.15, -0.1) is 0 Å². The molecule has 1 aromatic rings. The fraction of sp³-hybridized carbons (Fsp3) is 0.474. The van der Waals surface area contributed by atoms with Crippen LogP contribution in [0.4, 0.5) is 11.4 Å². The molecule has 0 N–H and O–H groups in total. The van der Waals surface area contributed by atoms with Gasteiger partial charge in [0.2, 0.25) is 0 Å². The van der Waals surface area contributed by atoms with E-state index in [1.165, 1.54) is 18.2 Å². The van der Waals surface area contributed by atoms with Crippen molar-refractivity contribution in [3.8, 4) is 0 Å². The van der Waals surface area contributed by atoms with E-state index >= 15 is 0 Å². The van der Waals surface area contributed by atoms with Crippen molar-refractivity contribution in [1.82, 2.24) is 4.90 Å². The number of nitro groups is 1. The number of benzene rings is 1. The number of carbonyl (C=O) groups is 1. The summed E-state index contributed by atoms with van der Waals surface area (Å²) in [6, 6.07) is 4.62. The third-order valence-corrected chi connectivity index (χ3v) is 4.68. The van der Waals surface area contributed by atoms with E-state index in [9.17, 15) is 14.9 Å². The van der Waals surface area contributed by atoms with E-state index in [0.717, 1.165) is 29.6 Å². The minimum absolute atomic E-state index is 0.0555. The third-order valence-electron chi connectivity index (χ3n) is 3.69. The maximum atomic E-state index is 10.8. The van der Waals surface area contributed by atoms with Gasteiger partial charge in [-0.25, -0.2) is 4.99 Å². The van der Waals surface area contributed by atoms with Gasteiger partial charge in [0, 0.05) is 44.2 Å². The van der Waals surface area contributed by atoms with Gasteiger partial charge in [-0.05, 0) is 32.4 Å². The van der Waals surface area contributed by atoms with Gasteiger partial charge in [-0.2, -0.15) is 0 Å². The molecular weight excluding hydrogens is 382 g/mol. The maximum Gasteiger partial charge on any atom is 0.269 e. The Morgan fingerprint density at radius 2 is 2.11 bits per heavy atom. The second kappa shape index (κ2) is 12.9. The van der Waals surface area contributed by atoms with Crippen LogP contribution in [0.15, 0.2) is 35.0 Å². The number of carbonyl (C=O) groups excluding carboxylic acids is 1. The van der Waals surface area contributed by atoms with E-state index in [2.05, 4.69) is 9.73 Å². The van der Waals surface area contributed by atoms with Crippen molar-refractivity contribution < 1.29 is 19.2 Å². The average Bonchev–Trinajstić information content (AvgIpc) is 3.10. The number of thioether (sulfide) groups is 1. The van der Waals surface area contributed by atoms with Gasteiger partial charge in [0.15, 0.2) is 5.17 Å². The lowest BCUT2D eigenvalue weighted by Gasteiger charge is -2.19. The molecule has 1 heterocycles. The van der Waals surface area contributed by atoms with Crippen LogP contribution in [0.25, 0.3) is 0 Å². The third kappa shape index (κ3) is 7.69. The van der Waals surface area contributed by atoms with Crippen molar-refractivity contribution in [2.45, 2.75) is 20.8 Å². The quantitative estimate of drug-likeness (QED) is 0.212. The smallest absolute Gasteiger partial charge is 0.269 e. The highest BCUT2D eigenvalue weighted by Crippen LogP contribution is 2.28. The number of hydrogen-bond acceptors (Lipinski definition) is 7. The Labute approximate surface area is 169 Å². The first kappa shape index (κ1) is 23.6. The van der Waals surface area contributed by atoms with Crippen molar-refractivity contribution >= 4 is 34.6 Å². The van der Waals surface area contributed by atoms with E-state index in [-0.39, 0.29) is 5.69 Å². The van der Waals surface area contributed by atoms with Gasteiger partial charge in [0.1, 0.15) is 12.0 Å². The molecule has 0 spiro atoms. The molecule has 2 rings (SSSR count). The van der Waals surface area contributed by atoms with E-state index in [1.54, 1.807) is 31.9 Å². The summed E-state index contributed by atoms with van der Waals surface area (Å²) in [5, 5.41) is 11.6. The summed E-state index contributed by atoms with van der Waals surface area (Å²) in [4.78, 5) is 27.8. The molecule has 1 aliphatic heterocycles. The largest absolute Gasteiger partial charge is 0.496 e. The summed E-state index contributed by atoms with van der Waals surface area (Å²) >= 11 is 1.61. The SMILES string of the molecule is CCO/C(=C\C=O)CN1CCSC1=Nc1ccc([N+](=O)[O-])cc1C.CCOC. The van der Waals surface area contributed by atoms with Crippen molar-refractivity contribution in [3.63, 3.8) is 0 Å². The number of methoxy groups -OCH3 is 1. The van der Waals surface area contributed by atoms with Crippen LogP contribution in [0.3, 0.4) is 0 Å². The van der Waals surface area contributed by atoms with E-state index in [1.807, 2.05) is 18.7 Å². The molecule has 28 heavy (non-hydrogen) atoms. The monoisotopic (exact) mass is 409 g/mol. The number of amidine groups is 1. The van der Waals surface area contributed by atoms with E-state index in [0.29, 0.717) is 30.9 Å². The standard InChI is InChI=1S/C16H19N3O4S.C3H8O/c1-3-23-14(6-8-20)11-18-7-9-24-16(18)17-15-5-4-13(19(21)22)10-12(15)2;1-3-4-2/h4-6,8,10H,3,7,9,11H2,1-2H3;3H2,1-2H3/b14-6-,17-16?;. The summed E-state index contributed by atoms with van der Waals surface area (Å²) in [5.74, 6) is 1.49. The van der Waals surface area contributed by atoms with Crippen LogP contribution < -0.4 is 0 Å². The van der Waals surface area contributed by atoms with Gasteiger partial charge >= 0.3 is 0 Å². The van der Waals surface area contributed by atoms with Gasteiger partial charge in [-0.3, -0.25) is 14.9 Å². The summed E-state index contributed by atoms with van der Waals surface area (Å²) in [6.45, 7) is 8.22. The first-order chi connectivity index (χ1) is 13.5. The highest BCUT2D eigenvalue weighted by atomic mass is 32.2. The lowest BCUT2D eigenvalue weighted by molar-refractivity contribution is -0.384. The van der Waals surface area contributed by atoms with E-state index in [4.69, 9.17) is 4.74 Å². The molecule has 0 unspecified atom stereocenters. The normalized spacial score (nSPS) is 15.2. The number of nitrogens with zero attached hydrogens (tertiary/aromatic N) is 3. The van der Waals surface area contributed by atoms with Crippen LogP contribution in [0.1, 0.15) is 19.4 Å². The molecule has 154 valence electrons. The molecular formula is C19H27N3O5S. The number of non-ortho nitro benzene ring substituents is 1. The first-order valence-corrected chi connectivity index (χ1v) is 9.92. The maximum absolute atomic E-state index is 10.8. The number of aryl methyl sites for hydroxylation is 1. The van der Waals surface area contributed by atoms with Crippen LogP contribution in [-0.4, -0.2) is 60.4 Å². The minimum Gasteiger partial charge on any atom is -0.496 e. The topological polar surface area (TPSA) is 94.3 Å². The van der Waals surface area contributed by atoms with E-state index < -0.39 is 4.92 Å². The molecule has 0 atom stereocenters. The Kier molecular flexibility index (Phi) is 10.9. The van der Waals surface area contributed by atoms with Crippen LogP contribution in [0.5, 0.6) is 0 Å². The first-order valence-electron chi connectivity index (χ1n) is 8.94. The summed E-state index contributed by atoms with van der Waals surface area (Å²) < 4.78 is 10.00. The van der Waals surface area contributed by atoms with Gasteiger partial charge in [-0.1, -0.05) is 11.8 Å². The fourth-order valence-corrected chi connectivity index (χ4v) is 3.26.